The van der Waals surface area contributed by atoms with Crippen molar-refractivity contribution >= 4 is 29.4 Å². The molecule has 1 aliphatic heterocycles. The molecule has 2 aromatic rings. The number of aldehydes is 1. The van der Waals surface area contributed by atoms with E-state index >= 15 is 0 Å². The molecule has 7 heteroatoms. The summed E-state index contributed by atoms with van der Waals surface area (Å²) in [5, 5.41) is 14.6. The minimum atomic E-state index is -0.788. The maximum Gasteiger partial charge on any atom is 0.177 e. The van der Waals surface area contributed by atoms with E-state index in [1.807, 2.05) is 0 Å². The Morgan fingerprint density at radius 3 is 2.68 bits per heavy atom. The summed E-state index contributed by atoms with van der Waals surface area (Å²) in [6, 6.07) is 10.2. The van der Waals surface area contributed by atoms with E-state index in [0.29, 0.717) is 28.4 Å². The number of hydrogen-bond acceptors (Lipinski definition) is 5. The van der Waals surface area contributed by atoms with Crippen molar-refractivity contribution in [1.82, 2.24) is 5.43 Å². The number of nitrogens with zero attached hydrogens (tertiary/aromatic N) is 2. The summed E-state index contributed by atoms with van der Waals surface area (Å²) in [5.74, 6) is -0.0381. The van der Waals surface area contributed by atoms with Crippen molar-refractivity contribution in [3.05, 3.63) is 58.9 Å². The molecule has 1 heterocycles. The highest BCUT2D eigenvalue weighted by Gasteiger charge is 2.31. The third kappa shape index (κ3) is 2.48. The Morgan fingerprint density at radius 1 is 1.27 bits per heavy atom. The van der Waals surface area contributed by atoms with Gasteiger partial charge in [0, 0.05) is 10.6 Å². The number of carbonyl (C=O) groups is 1. The molecule has 22 heavy (non-hydrogen) atoms. The molecular formula is C15H11ClFN3O2. The first kappa shape index (κ1) is 14.3. The largest absolute Gasteiger partial charge is 0.506 e. The summed E-state index contributed by atoms with van der Waals surface area (Å²) >= 11 is 5.96. The molecule has 0 aliphatic carbocycles. The minimum Gasteiger partial charge on any atom is -0.506 e. The molecule has 112 valence electrons. The van der Waals surface area contributed by atoms with E-state index in [0.717, 1.165) is 0 Å². The van der Waals surface area contributed by atoms with Crippen molar-refractivity contribution in [2.45, 2.75) is 6.17 Å². The number of carbonyl (C=O) groups excluding carboxylic acids is 1. The number of halogens is 2. The van der Waals surface area contributed by atoms with Gasteiger partial charge in [-0.3, -0.25) is 15.1 Å². The number of hydrazone groups is 1. The second-order valence-electron chi connectivity index (χ2n) is 4.66. The van der Waals surface area contributed by atoms with Crippen LogP contribution in [0.5, 0.6) is 5.75 Å². The number of rotatable bonds is 3. The Balaban J connectivity index is 2.08. The van der Waals surface area contributed by atoms with Gasteiger partial charge in [-0.25, -0.2) is 4.39 Å². The standard InChI is InChI=1S/C15H11ClFN3O2/c16-10-3-6-13(22)12(7-10)20-14(8-21)18-19-15(20)9-1-4-11(17)5-2-9/h1-8,14,18,22H. The summed E-state index contributed by atoms with van der Waals surface area (Å²) in [7, 11) is 0. The topological polar surface area (TPSA) is 64.9 Å². The average Bonchev–Trinajstić information content (AvgIpc) is 2.94. The van der Waals surface area contributed by atoms with Crippen LogP contribution in [-0.2, 0) is 4.79 Å². The van der Waals surface area contributed by atoms with Gasteiger partial charge in [0.25, 0.3) is 0 Å². The molecule has 1 aliphatic rings. The second-order valence-corrected chi connectivity index (χ2v) is 5.09. The summed E-state index contributed by atoms with van der Waals surface area (Å²) in [5.41, 5.74) is 3.59. The number of phenols is 1. The van der Waals surface area contributed by atoms with E-state index in [4.69, 9.17) is 11.6 Å². The number of nitrogens with one attached hydrogen (secondary N) is 1. The van der Waals surface area contributed by atoms with Gasteiger partial charge in [0.1, 0.15) is 11.6 Å². The predicted molar refractivity (Wildman–Crippen MR) is 81.5 cm³/mol. The van der Waals surface area contributed by atoms with Crippen molar-refractivity contribution in [1.29, 1.82) is 0 Å². The molecule has 0 saturated carbocycles. The molecule has 1 unspecified atom stereocenters. The highest BCUT2D eigenvalue weighted by Crippen LogP contribution is 2.33. The van der Waals surface area contributed by atoms with Gasteiger partial charge in [0.15, 0.2) is 18.3 Å². The summed E-state index contributed by atoms with van der Waals surface area (Å²) in [6.07, 6.45) is -0.134. The van der Waals surface area contributed by atoms with Crippen molar-refractivity contribution in [3.8, 4) is 5.75 Å². The Morgan fingerprint density at radius 2 is 2.00 bits per heavy atom. The molecule has 0 radical (unpaired) electrons. The normalized spacial score (nSPS) is 17.1. The zero-order valence-electron chi connectivity index (χ0n) is 11.2. The van der Waals surface area contributed by atoms with Gasteiger partial charge in [-0.2, -0.15) is 5.10 Å². The molecule has 1 atom stereocenters. The molecule has 3 rings (SSSR count). The monoisotopic (exact) mass is 319 g/mol. The fourth-order valence-corrected chi connectivity index (χ4v) is 2.38. The van der Waals surface area contributed by atoms with Gasteiger partial charge in [-0.15, -0.1) is 0 Å². The van der Waals surface area contributed by atoms with Crippen LogP contribution < -0.4 is 10.3 Å². The lowest BCUT2D eigenvalue weighted by Crippen LogP contribution is -2.41. The molecule has 0 spiro atoms. The Kier molecular flexibility index (Phi) is 3.68. The molecule has 2 aromatic carbocycles. The molecule has 0 amide bonds. The van der Waals surface area contributed by atoms with Crippen LogP contribution in [0.15, 0.2) is 47.6 Å². The van der Waals surface area contributed by atoms with Gasteiger partial charge >= 0.3 is 0 Å². The highest BCUT2D eigenvalue weighted by molar-refractivity contribution is 6.31. The van der Waals surface area contributed by atoms with E-state index in [1.165, 1.54) is 47.4 Å². The molecular weight excluding hydrogens is 309 g/mol. The number of hydrogen-bond donors (Lipinski definition) is 2. The van der Waals surface area contributed by atoms with Crippen LogP contribution in [0.2, 0.25) is 5.02 Å². The first-order valence-corrected chi connectivity index (χ1v) is 6.80. The Bertz CT molecular complexity index is 749. The van der Waals surface area contributed by atoms with E-state index in [2.05, 4.69) is 10.5 Å². The highest BCUT2D eigenvalue weighted by atomic mass is 35.5. The quantitative estimate of drug-likeness (QED) is 0.853. The van der Waals surface area contributed by atoms with Crippen LogP contribution in [-0.4, -0.2) is 23.4 Å². The van der Waals surface area contributed by atoms with Crippen molar-refractivity contribution < 1.29 is 14.3 Å². The molecule has 2 N–H and O–H groups in total. The first-order chi connectivity index (χ1) is 10.6. The van der Waals surface area contributed by atoms with Crippen LogP contribution in [0.4, 0.5) is 10.1 Å². The van der Waals surface area contributed by atoms with Gasteiger partial charge in [-0.05, 0) is 42.5 Å². The fraction of sp³-hybridized carbons (Fsp3) is 0.0667. The third-order valence-corrected chi connectivity index (χ3v) is 3.47. The SMILES string of the molecule is O=CC1NN=C(c2ccc(F)cc2)N1c1cc(Cl)ccc1O. The van der Waals surface area contributed by atoms with Crippen molar-refractivity contribution in [3.63, 3.8) is 0 Å². The van der Waals surface area contributed by atoms with Crippen molar-refractivity contribution in [2.24, 2.45) is 5.10 Å². The van der Waals surface area contributed by atoms with E-state index in [1.54, 1.807) is 0 Å². The van der Waals surface area contributed by atoms with Gasteiger partial charge in [-0.1, -0.05) is 11.6 Å². The zero-order chi connectivity index (χ0) is 15.7. The summed E-state index contributed by atoms with van der Waals surface area (Å²) in [4.78, 5) is 12.8. The molecule has 5 nitrogen and oxygen atoms in total. The Hall–Kier alpha value is -2.60. The molecule has 0 bridgehead atoms. The molecule has 0 fully saturated rings. The lowest BCUT2D eigenvalue weighted by Gasteiger charge is -2.24. The van der Waals surface area contributed by atoms with Crippen LogP contribution >= 0.6 is 11.6 Å². The first-order valence-electron chi connectivity index (χ1n) is 6.42. The van der Waals surface area contributed by atoms with Crippen LogP contribution in [0, 0.1) is 5.82 Å². The number of anilines is 1. The lowest BCUT2D eigenvalue weighted by molar-refractivity contribution is -0.109. The molecule has 0 aromatic heterocycles. The number of amidine groups is 1. The molecule has 0 saturated heterocycles. The van der Waals surface area contributed by atoms with Crippen LogP contribution in [0.25, 0.3) is 0 Å². The van der Waals surface area contributed by atoms with E-state index in [9.17, 15) is 14.3 Å². The van der Waals surface area contributed by atoms with E-state index in [-0.39, 0.29) is 11.6 Å². The summed E-state index contributed by atoms with van der Waals surface area (Å²) < 4.78 is 13.1. The summed E-state index contributed by atoms with van der Waals surface area (Å²) in [6.45, 7) is 0. The smallest absolute Gasteiger partial charge is 0.177 e. The van der Waals surface area contributed by atoms with E-state index < -0.39 is 6.17 Å². The van der Waals surface area contributed by atoms with Crippen LogP contribution in [0.3, 0.4) is 0 Å². The lowest BCUT2D eigenvalue weighted by atomic mass is 10.1. The van der Waals surface area contributed by atoms with Crippen molar-refractivity contribution in [2.75, 3.05) is 4.90 Å². The number of phenolic OH excluding ortho intramolecular Hbond substituents is 1. The van der Waals surface area contributed by atoms with Gasteiger partial charge in [0.05, 0.1) is 5.69 Å². The minimum absolute atomic E-state index is 0.0465. The maximum atomic E-state index is 13.1. The second kappa shape index (κ2) is 5.65. The van der Waals surface area contributed by atoms with Crippen LogP contribution in [0.1, 0.15) is 5.56 Å². The Labute approximate surface area is 130 Å². The zero-order valence-corrected chi connectivity index (χ0v) is 12.0. The maximum absolute atomic E-state index is 13.1. The van der Waals surface area contributed by atoms with Gasteiger partial charge < -0.3 is 5.11 Å². The number of benzene rings is 2. The fourth-order valence-electron chi connectivity index (χ4n) is 2.22. The predicted octanol–water partition coefficient (Wildman–Crippen LogP) is 2.48. The average molecular weight is 320 g/mol. The van der Waals surface area contributed by atoms with Gasteiger partial charge in [0.2, 0.25) is 0 Å². The third-order valence-electron chi connectivity index (χ3n) is 3.24. The number of aromatic hydroxyl groups is 1.